The van der Waals surface area contributed by atoms with Crippen LogP contribution in [0, 0.1) is 18.8 Å². The quantitative estimate of drug-likeness (QED) is 0.765. The first-order valence-electron chi connectivity index (χ1n) is 10.5. The number of amides is 1. The predicted octanol–water partition coefficient (Wildman–Crippen LogP) is 2.27. The number of hydrazine groups is 2. The minimum atomic E-state index is 0.195. The molecule has 4 aliphatic rings. The van der Waals surface area contributed by atoms with Gasteiger partial charge in [0.1, 0.15) is 0 Å². The molecule has 1 unspecified atom stereocenters. The zero-order valence-electron chi connectivity index (χ0n) is 16.8. The van der Waals surface area contributed by atoms with Crippen LogP contribution < -0.4 is 5.84 Å². The lowest BCUT2D eigenvalue weighted by Crippen LogP contribution is -2.53. The van der Waals surface area contributed by atoms with Crippen molar-refractivity contribution in [3.05, 3.63) is 40.5 Å². The maximum absolute atomic E-state index is 13.0. The Morgan fingerprint density at radius 3 is 2.71 bits per heavy atom. The minimum Gasteiger partial charge on any atom is -0.396 e. The average Bonchev–Trinajstić information content (AvgIpc) is 3.34. The minimum absolute atomic E-state index is 0.195. The van der Waals surface area contributed by atoms with E-state index in [1.807, 2.05) is 0 Å². The van der Waals surface area contributed by atoms with E-state index in [-0.39, 0.29) is 12.5 Å². The molecule has 150 valence electrons. The summed E-state index contributed by atoms with van der Waals surface area (Å²) >= 11 is 0. The highest BCUT2D eigenvalue weighted by Crippen LogP contribution is 2.41. The summed E-state index contributed by atoms with van der Waals surface area (Å²) in [6.07, 6.45) is 6.61. The lowest BCUT2D eigenvalue weighted by atomic mass is 9.80. The molecule has 0 aromatic heterocycles. The number of aryl methyl sites for hydroxylation is 1. The molecule has 0 radical (unpaired) electrons. The summed E-state index contributed by atoms with van der Waals surface area (Å²) < 4.78 is 0. The summed E-state index contributed by atoms with van der Waals surface area (Å²) in [7, 11) is 0. The van der Waals surface area contributed by atoms with Gasteiger partial charge in [-0.25, -0.2) is 0 Å². The van der Waals surface area contributed by atoms with E-state index in [0.29, 0.717) is 30.5 Å². The number of hydrogen-bond donors (Lipinski definition) is 2. The van der Waals surface area contributed by atoms with Crippen LogP contribution in [0.3, 0.4) is 0 Å². The van der Waals surface area contributed by atoms with E-state index >= 15 is 0 Å². The molecule has 1 aromatic carbocycles. The van der Waals surface area contributed by atoms with E-state index in [9.17, 15) is 9.90 Å². The van der Waals surface area contributed by atoms with Crippen molar-refractivity contribution < 1.29 is 9.90 Å². The Morgan fingerprint density at radius 1 is 1.29 bits per heavy atom. The third kappa shape index (κ3) is 2.78. The molecule has 0 bridgehead atoms. The highest BCUT2D eigenvalue weighted by molar-refractivity contribution is 6.00. The monoisotopic (exact) mass is 382 g/mol. The summed E-state index contributed by atoms with van der Waals surface area (Å²) in [5.74, 6) is 7.52. The molecule has 1 aromatic rings. The third-order valence-electron chi connectivity index (χ3n) is 7.13. The molecule has 2 fully saturated rings. The van der Waals surface area contributed by atoms with Crippen LogP contribution in [-0.4, -0.2) is 51.3 Å². The number of nitrogens with zero attached hydrogens (tertiary/aromatic N) is 3. The summed E-state index contributed by atoms with van der Waals surface area (Å²) in [5.41, 5.74) is 5.38. The van der Waals surface area contributed by atoms with Crippen molar-refractivity contribution >= 4 is 11.6 Å². The van der Waals surface area contributed by atoms with Gasteiger partial charge in [0.05, 0.1) is 12.2 Å². The first kappa shape index (κ1) is 18.2. The fourth-order valence-corrected chi connectivity index (χ4v) is 5.21. The predicted molar refractivity (Wildman–Crippen MR) is 108 cm³/mol. The summed E-state index contributed by atoms with van der Waals surface area (Å²) in [6.45, 7) is 5.91. The van der Waals surface area contributed by atoms with Gasteiger partial charge in [-0.3, -0.25) is 15.6 Å². The first-order chi connectivity index (χ1) is 13.5. The molecular weight excluding hydrogens is 352 g/mol. The highest BCUT2D eigenvalue weighted by Gasteiger charge is 2.41. The largest absolute Gasteiger partial charge is 0.396 e. The highest BCUT2D eigenvalue weighted by atomic mass is 16.3. The number of nitrogens with two attached hydrogens (primary N) is 1. The van der Waals surface area contributed by atoms with Gasteiger partial charge in [-0.15, -0.1) is 0 Å². The van der Waals surface area contributed by atoms with E-state index in [1.165, 1.54) is 12.8 Å². The topological polar surface area (TPSA) is 73.0 Å². The first-order valence-corrected chi connectivity index (χ1v) is 10.5. The maximum atomic E-state index is 13.0. The number of benzene rings is 1. The van der Waals surface area contributed by atoms with Crippen LogP contribution in [0.5, 0.6) is 0 Å². The molecule has 2 heterocycles. The molecule has 2 aliphatic carbocycles. The Balaban J connectivity index is 1.42. The van der Waals surface area contributed by atoms with Crippen LogP contribution in [-0.2, 0) is 6.54 Å². The van der Waals surface area contributed by atoms with Crippen molar-refractivity contribution in [3.63, 3.8) is 0 Å². The number of carbonyl (C=O) groups is 1. The molecule has 3 N–H and O–H groups in total. The van der Waals surface area contributed by atoms with Crippen molar-refractivity contribution in [2.45, 2.75) is 58.2 Å². The fourth-order valence-electron chi connectivity index (χ4n) is 5.21. The Hall–Kier alpha value is -1.89. The number of aliphatic hydroxyl groups is 1. The van der Waals surface area contributed by atoms with Gasteiger partial charge in [0, 0.05) is 30.8 Å². The molecule has 0 spiro atoms. The number of aliphatic hydroxyl groups excluding tert-OH is 1. The molecule has 2 saturated carbocycles. The van der Waals surface area contributed by atoms with Crippen molar-refractivity contribution in [1.82, 2.24) is 15.0 Å². The van der Waals surface area contributed by atoms with Crippen molar-refractivity contribution in [1.29, 1.82) is 0 Å². The Morgan fingerprint density at radius 2 is 2.04 bits per heavy atom. The van der Waals surface area contributed by atoms with E-state index in [1.54, 1.807) is 5.12 Å². The number of carbonyl (C=O) groups excluding carboxylic acids is 1. The SMILES string of the molecule is Cc1cc(C2=CCN(N)N2[C@H]2C[C@H](CO)C2)cc2c1C(=O)N(C(C)C1CC1)C2. The number of hydrogen-bond acceptors (Lipinski definition) is 5. The maximum Gasteiger partial charge on any atom is 0.255 e. The van der Waals surface area contributed by atoms with Crippen molar-refractivity contribution in [3.8, 4) is 0 Å². The van der Waals surface area contributed by atoms with Crippen LogP contribution in [0.1, 0.15) is 59.7 Å². The van der Waals surface area contributed by atoms with Gasteiger partial charge in [-0.1, -0.05) is 0 Å². The third-order valence-corrected chi connectivity index (χ3v) is 7.13. The summed E-state index contributed by atoms with van der Waals surface area (Å²) in [4.78, 5) is 15.1. The normalized spacial score (nSPS) is 28.4. The van der Waals surface area contributed by atoms with E-state index < -0.39 is 0 Å². The van der Waals surface area contributed by atoms with E-state index in [2.05, 4.69) is 42.0 Å². The van der Waals surface area contributed by atoms with Gasteiger partial charge in [-0.05, 0) is 86.3 Å². The Kier molecular flexibility index (Phi) is 4.27. The second-order valence-corrected chi connectivity index (χ2v) is 9.07. The Labute approximate surface area is 166 Å². The van der Waals surface area contributed by atoms with Gasteiger partial charge in [0.15, 0.2) is 0 Å². The van der Waals surface area contributed by atoms with Crippen LogP contribution in [0.15, 0.2) is 18.2 Å². The molecule has 1 atom stereocenters. The second-order valence-electron chi connectivity index (χ2n) is 9.07. The smallest absolute Gasteiger partial charge is 0.255 e. The van der Waals surface area contributed by atoms with Gasteiger partial charge in [0.2, 0.25) is 0 Å². The van der Waals surface area contributed by atoms with E-state index in [0.717, 1.165) is 47.3 Å². The van der Waals surface area contributed by atoms with Crippen molar-refractivity contribution in [2.75, 3.05) is 13.2 Å². The fraction of sp³-hybridized carbons (Fsp3) is 0.591. The van der Waals surface area contributed by atoms with Gasteiger partial charge in [-0.2, -0.15) is 5.12 Å². The lowest BCUT2D eigenvalue weighted by molar-refractivity contribution is -0.0408. The zero-order chi connectivity index (χ0) is 19.6. The number of rotatable bonds is 5. The van der Waals surface area contributed by atoms with Gasteiger partial charge in [0.25, 0.3) is 5.91 Å². The molecule has 28 heavy (non-hydrogen) atoms. The van der Waals surface area contributed by atoms with Crippen molar-refractivity contribution in [2.24, 2.45) is 17.7 Å². The summed E-state index contributed by atoms with van der Waals surface area (Å²) in [6, 6.07) is 5.01. The molecular formula is C22H30N4O2. The van der Waals surface area contributed by atoms with Crippen LogP contribution in [0.2, 0.25) is 0 Å². The zero-order valence-corrected chi connectivity index (χ0v) is 16.8. The Bertz CT molecular complexity index is 841. The summed E-state index contributed by atoms with van der Waals surface area (Å²) in [5, 5.41) is 13.3. The van der Waals surface area contributed by atoms with Crippen LogP contribution >= 0.6 is 0 Å². The molecule has 0 saturated heterocycles. The number of fused-ring (bicyclic) bond motifs is 1. The molecule has 6 heteroatoms. The van der Waals surface area contributed by atoms with Crippen LogP contribution in [0.25, 0.3) is 5.70 Å². The molecule has 2 aliphatic heterocycles. The molecule has 1 amide bonds. The van der Waals surface area contributed by atoms with Gasteiger partial charge >= 0.3 is 0 Å². The lowest BCUT2D eigenvalue weighted by Gasteiger charge is -2.45. The molecule has 5 rings (SSSR count). The second kappa shape index (κ2) is 6.58. The van der Waals surface area contributed by atoms with Gasteiger partial charge < -0.3 is 10.0 Å². The standard InChI is InChI=1S/C22H30N4O2/c1-13-7-17(20-5-6-25(23)26(20)19-8-15(9-19)12-27)10-18-11-24(22(28)21(13)18)14(2)16-3-4-16/h5,7,10,14-16,19,27H,3-4,6,8-9,11-12,23H2,1-2H3/t14?,15-,19-. The van der Waals surface area contributed by atoms with Crippen LogP contribution in [0.4, 0.5) is 0 Å². The van der Waals surface area contributed by atoms with E-state index in [4.69, 9.17) is 5.84 Å². The average molecular weight is 383 g/mol. The molecule has 6 nitrogen and oxygen atoms in total.